The number of rotatable bonds is 5. The van der Waals surface area contributed by atoms with Crippen molar-refractivity contribution in [1.29, 1.82) is 0 Å². The van der Waals surface area contributed by atoms with Gasteiger partial charge in [0.2, 0.25) is 0 Å². The van der Waals surface area contributed by atoms with E-state index in [0.29, 0.717) is 0 Å². The van der Waals surface area contributed by atoms with Gasteiger partial charge in [0.15, 0.2) is 0 Å². The third-order valence-corrected chi connectivity index (χ3v) is 4.77. The summed E-state index contributed by atoms with van der Waals surface area (Å²) in [5.74, 6) is 0.806. The van der Waals surface area contributed by atoms with Gasteiger partial charge in [0.1, 0.15) is 0 Å². The molecule has 2 fully saturated rings. The van der Waals surface area contributed by atoms with E-state index in [4.69, 9.17) is 0 Å². The first-order chi connectivity index (χ1) is 8.57. The van der Waals surface area contributed by atoms with Crippen molar-refractivity contribution in [3.63, 3.8) is 0 Å². The number of likely N-dealkylation sites (N-methyl/N-ethyl adjacent to an activating group) is 1. The molecular weight excluding hydrogens is 224 g/mol. The SMILES string of the molecule is CC1CCC(O)(CN(C)CCN2CCCC2)CC1. The van der Waals surface area contributed by atoms with Crippen LogP contribution in [0.5, 0.6) is 0 Å². The minimum atomic E-state index is -0.410. The molecule has 0 bridgehead atoms. The predicted octanol–water partition coefficient (Wildman–Crippen LogP) is 1.96. The highest BCUT2D eigenvalue weighted by Crippen LogP contribution is 2.32. The summed E-state index contributed by atoms with van der Waals surface area (Å²) in [6.45, 7) is 7.97. The largest absolute Gasteiger partial charge is 0.389 e. The van der Waals surface area contributed by atoms with Gasteiger partial charge >= 0.3 is 0 Å². The van der Waals surface area contributed by atoms with Gasteiger partial charge in [-0.05, 0) is 64.6 Å². The molecule has 3 heteroatoms. The molecule has 3 nitrogen and oxygen atoms in total. The average molecular weight is 254 g/mol. The molecule has 1 aliphatic heterocycles. The molecule has 2 rings (SSSR count). The number of hydrogen-bond donors (Lipinski definition) is 1. The van der Waals surface area contributed by atoms with Crippen LogP contribution in [0.3, 0.4) is 0 Å². The van der Waals surface area contributed by atoms with Crippen LogP contribution in [0.2, 0.25) is 0 Å². The summed E-state index contributed by atoms with van der Waals surface area (Å²) in [6, 6.07) is 0. The molecule has 0 radical (unpaired) electrons. The Hall–Kier alpha value is -0.120. The molecule has 1 N–H and O–H groups in total. The van der Waals surface area contributed by atoms with E-state index in [0.717, 1.165) is 31.8 Å². The molecule has 0 amide bonds. The molecule has 1 aliphatic carbocycles. The van der Waals surface area contributed by atoms with Gasteiger partial charge in [-0.2, -0.15) is 0 Å². The molecule has 0 aromatic rings. The van der Waals surface area contributed by atoms with Crippen LogP contribution in [0.25, 0.3) is 0 Å². The molecule has 0 atom stereocenters. The van der Waals surface area contributed by atoms with Crippen molar-refractivity contribution in [3.05, 3.63) is 0 Å². The third kappa shape index (κ3) is 4.22. The van der Waals surface area contributed by atoms with E-state index >= 15 is 0 Å². The van der Waals surface area contributed by atoms with Crippen LogP contribution < -0.4 is 0 Å². The van der Waals surface area contributed by atoms with Crippen molar-refractivity contribution >= 4 is 0 Å². The van der Waals surface area contributed by atoms with Crippen LogP contribution in [0.15, 0.2) is 0 Å². The van der Waals surface area contributed by atoms with Crippen LogP contribution in [0, 0.1) is 5.92 Å². The maximum Gasteiger partial charge on any atom is 0.0774 e. The van der Waals surface area contributed by atoms with Gasteiger partial charge in [-0.1, -0.05) is 6.92 Å². The highest BCUT2D eigenvalue weighted by atomic mass is 16.3. The summed E-state index contributed by atoms with van der Waals surface area (Å²) in [5, 5.41) is 10.6. The molecule has 106 valence electrons. The number of nitrogens with zero attached hydrogens (tertiary/aromatic N) is 2. The van der Waals surface area contributed by atoms with E-state index in [1.54, 1.807) is 0 Å². The highest BCUT2D eigenvalue weighted by Gasteiger charge is 2.32. The zero-order chi connectivity index (χ0) is 13.0. The maximum absolute atomic E-state index is 10.6. The molecule has 0 spiro atoms. The van der Waals surface area contributed by atoms with Crippen molar-refractivity contribution in [2.75, 3.05) is 39.8 Å². The summed E-state index contributed by atoms with van der Waals surface area (Å²) >= 11 is 0. The first-order valence-electron chi connectivity index (χ1n) is 7.71. The first-order valence-corrected chi connectivity index (χ1v) is 7.71. The van der Waals surface area contributed by atoms with Gasteiger partial charge in [-0.15, -0.1) is 0 Å². The van der Waals surface area contributed by atoms with Crippen LogP contribution in [-0.4, -0.2) is 60.3 Å². The Morgan fingerprint density at radius 3 is 2.44 bits per heavy atom. The summed E-state index contributed by atoms with van der Waals surface area (Å²) in [7, 11) is 2.16. The predicted molar refractivity (Wildman–Crippen MR) is 75.8 cm³/mol. The first kappa shape index (κ1) is 14.3. The number of aliphatic hydroxyl groups is 1. The van der Waals surface area contributed by atoms with Crippen LogP contribution in [-0.2, 0) is 0 Å². The zero-order valence-corrected chi connectivity index (χ0v) is 12.2. The second-order valence-corrected chi connectivity index (χ2v) is 6.69. The maximum atomic E-state index is 10.6. The van der Waals surface area contributed by atoms with Gasteiger partial charge in [-0.25, -0.2) is 0 Å². The smallest absolute Gasteiger partial charge is 0.0774 e. The second-order valence-electron chi connectivity index (χ2n) is 6.69. The fourth-order valence-corrected chi connectivity index (χ4v) is 3.36. The van der Waals surface area contributed by atoms with Crippen LogP contribution in [0.1, 0.15) is 45.4 Å². The Kier molecular flexibility index (Phi) is 5.05. The molecule has 18 heavy (non-hydrogen) atoms. The van der Waals surface area contributed by atoms with Gasteiger partial charge in [-0.3, -0.25) is 0 Å². The minimum Gasteiger partial charge on any atom is -0.389 e. The quantitative estimate of drug-likeness (QED) is 0.812. The molecule has 1 saturated heterocycles. The molecule has 1 heterocycles. The summed E-state index contributed by atoms with van der Waals surface area (Å²) in [4.78, 5) is 4.87. The van der Waals surface area contributed by atoms with E-state index in [-0.39, 0.29) is 0 Å². The van der Waals surface area contributed by atoms with Crippen molar-refractivity contribution in [2.24, 2.45) is 5.92 Å². The molecule has 0 unspecified atom stereocenters. The van der Waals surface area contributed by atoms with Crippen LogP contribution >= 0.6 is 0 Å². The van der Waals surface area contributed by atoms with E-state index in [9.17, 15) is 5.11 Å². The van der Waals surface area contributed by atoms with Crippen LogP contribution in [0.4, 0.5) is 0 Å². The Bertz CT molecular complexity index is 243. The number of likely N-dealkylation sites (tertiary alicyclic amines) is 1. The van der Waals surface area contributed by atoms with E-state index in [1.165, 1.54) is 45.3 Å². The lowest BCUT2D eigenvalue weighted by Gasteiger charge is -2.38. The van der Waals surface area contributed by atoms with E-state index in [1.807, 2.05) is 0 Å². The Morgan fingerprint density at radius 2 is 1.83 bits per heavy atom. The Balaban J connectivity index is 1.67. The van der Waals surface area contributed by atoms with Gasteiger partial charge < -0.3 is 14.9 Å². The van der Waals surface area contributed by atoms with Gasteiger partial charge in [0, 0.05) is 19.6 Å². The molecule has 0 aromatic heterocycles. The summed E-state index contributed by atoms with van der Waals surface area (Å²) in [6.07, 6.45) is 7.09. The molecule has 2 aliphatic rings. The lowest BCUT2D eigenvalue weighted by Crippen LogP contribution is -2.45. The topological polar surface area (TPSA) is 26.7 Å². The molecular formula is C15H30N2O. The fraction of sp³-hybridized carbons (Fsp3) is 1.00. The van der Waals surface area contributed by atoms with E-state index < -0.39 is 5.60 Å². The van der Waals surface area contributed by atoms with Crippen molar-refractivity contribution in [1.82, 2.24) is 9.80 Å². The Morgan fingerprint density at radius 1 is 1.22 bits per heavy atom. The van der Waals surface area contributed by atoms with Gasteiger partial charge in [0.25, 0.3) is 0 Å². The molecule has 1 saturated carbocycles. The lowest BCUT2D eigenvalue weighted by molar-refractivity contribution is -0.0309. The normalized spacial score (nSPS) is 34.3. The standard InChI is InChI=1S/C15H30N2O/c1-14-5-7-15(18,8-6-14)13-16(2)11-12-17-9-3-4-10-17/h14,18H,3-13H2,1-2H3. The number of hydrogen-bond acceptors (Lipinski definition) is 3. The van der Waals surface area contributed by atoms with Gasteiger partial charge in [0.05, 0.1) is 5.60 Å². The monoisotopic (exact) mass is 254 g/mol. The van der Waals surface area contributed by atoms with Crippen molar-refractivity contribution < 1.29 is 5.11 Å². The average Bonchev–Trinajstić information content (AvgIpc) is 2.84. The second kappa shape index (κ2) is 6.36. The molecule has 0 aromatic carbocycles. The highest BCUT2D eigenvalue weighted by molar-refractivity contribution is 4.87. The third-order valence-electron chi connectivity index (χ3n) is 4.77. The lowest BCUT2D eigenvalue weighted by atomic mass is 9.79. The Labute approximate surface area is 112 Å². The minimum absolute atomic E-state index is 0.410. The van der Waals surface area contributed by atoms with E-state index in [2.05, 4.69) is 23.8 Å². The van der Waals surface area contributed by atoms with Crippen molar-refractivity contribution in [2.45, 2.75) is 51.0 Å². The summed E-state index contributed by atoms with van der Waals surface area (Å²) < 4.78 is 0. The summed E-state index contributed by atoms with van der Waals surface area (Å²) in [5.41, 5.74) is -0.410. The fourth-order valence-electron chi connectivity index (χ4n) is 3.36. The zero-order valence-electron chi connectivity index (χ0n) is 12.2. The van der Waals surface area contributed by atoms with Crippen molar-refractivity contribution in [3.8, 4) is 0 Å².